The number of nitrogens with one attached hydrogen (secondary N) is 1. The first-order valence-electron chi connectivity index (χ1n) is 4.06. The Hall–Kier alpha value is -1.76. The van der Waals surface area contributed by atoms with Gasteiger partial charge in [0.15, 0.2) is 0 Å². The lowest BCUT2D eigenvalue weighted by atomic mass is 10.3. The van der Waals surface area contributed by atoms with Crippen molar-refractivity contribution in [3.05, 3.63) is 28.8 Å². The lowest BCUT2D eigenvalue weighted by Crippen LogP contribution is -2.00. The summed E-state index contributed by atoms with van der Waals surface area (Å²) in [5.74, 6) is 0.0980. The van der Waals surface area contributed by atoms with Crippen LogP contribution in [0.1, 0.15) is 0 Å². The molecule has 1 aromatic heterocycles. The fraction of sp³-hybridized carbons (Fsp3) is 0.125. The molecule has 2 aromatic rings. The average molecular weight is 226 g/mol. The number of aromatic nitrogens is 4. The molecule has 0 radical (unpaired) electrons. The predicted molar refractivity (Wildman–Crippen MR) is 53.1 cm³/mol. The van der Waals surface area contributed by atoms with Gasteiger partial charge in [-0.2, -0.15) is 5.21 Å². The molecule has 1 heterocycles. The summed E-state index contributed by atoms with van der Waals surface area (Å²) in [4.78, 5) is 0. The van der Waals surface area contributed by atoms with Crippen LogP contribution in [0.4, 0.5) is 4.39 Å². The van der Waals surface area contributed by atoms with Gasteiger partial charge in [0.1, 0.15) is 17.3 Å². The van der Waals surface area contributed by atoms with Crippen LogP contribution >= 0.6 is 12.2 Å². The van der Waals surface area contributed by atoms with E-state index >= 15 is 0 Å². The molecule has 0 bridgehead atoms. The third-order valence-corrected chi connectivity index (χ3v) is 2.13. The van der Waals surface area contributed by atoms with Crippen molar-refractivity contribution in [1.82, 2.24) is 20.2 Å². The Balaban J connectivity index is 2.62. The quantitative estimate of drug-likeness (QED) is 0.788. The first-order chi connectivity index (χ1) is 7.22. The molecule has 0 unspecified atom stereocenters. The van der Waals surface area contributed by atoms with Crippen LogP contribution in [-0.2, 0) is 0 Å². The predicted octanol–water partition coefficient (Wildman–Crippen LogP) is 1.47. The molecule has 78 valence electrons. The maximum atomic E-state index is 13.5. The van der Waals surface area contributed by atoms with Gasteiger partial charge < -0.3 is 4.74 Å². The molecule has 0 saturated carbocycles. The van der Waals surface area contributed by atoms with Gasteiger partial charge in [-0.05, 0) is 24.4 Å². The minimum Gasteiger partial charge on any atom is -0.497 e. The van der Waals surface area contributed by atoms with Crippen LogP contribution in [-0.4, -0.2) is 27.3 Å². The normalized spacial score (nSPS) is 10.3. The number of tetrazole rings is 1. The molecule has 0 spiro atoms. The van der Waals surface area contributed by atoms with Crippen LogP contribution in [0.25, 0.3) is 5.69 Å². The number of methoxy groups -OCH3 is 1. The number of hydrogen-bond acceptors (Lipinski definition) is 4. The number of halogens is 1. The van der Waals surface area contributed by atoms with Gasteiger partial charge in [-0.15, -0.1) is 0 Å². The van der Waals surface area contributed by atoms with E-state index in [0.29, 0.717) is 5.75 Å². The van der Waals surface area contributed by atoms with Crippen molar-refractivity contribution in [3.63, 3.8) is 0 Å². The van der Waals surface area contributed by atoms with E-state index in [-0.39, 0.29) is 10.5 Å². The molecule has 0 saturated heterocycles. The highest BCUT2D eigenvalue weighted by molar-refractivity contribution is 7.71. The summed E-state index contributed by atoms with van der Waals surface area (Å²) >= 11 is 4.86. The van der Waals surface area contributed by atoms with Crippen LogP contribution < -0.4 is 4.74 Å². The standard InChI is InChI=1S/C8H7FN4OS/c1-14-5-2-3-6(9)7(4-5)13-8(15)10-11-12-13/h2-4H,1H3,(H,10,12,15). The first kappa shape index (κ1) is 9.78. The number of rotatable bonds is 2. The highest BCUT2D eigenvalue weighted by Gasteiger charge is 2.08. The molecular formula is C8H7FN4OS. The maximum Gasteiger partial charge on any atom is 0.243 e. The average Bonchev–Trinajstić information content (AvgIpc) is 2.65. The second kappa shape index (κ2) is 3.77. The molecule has 2 rings (SSSR count). The Bertz CT molecular complexity index is 535. The molecule has 0 fully saturated rings. The molecule has 1 aromatic carbocycles. The van der Waals surface area contributed by atoms with Gasteiger partial charge >= 0.3 is 0 Å². The third-order valence-electron chi connectivity index (χ3n) is 1.87. The monoisotopic (exact) mass is 226 g/mol. The molecular weight excluding hydrogens is 219 g/mol. The zero-order valence-corrected chi connectivity index (χ0v) is 8.58. The minimum absolute atomic E-state index is 0.155. The third kappa shape index (κ3) is 1.73. The number of hydrogen-bond donors (Lipinski definition) is 1. The van der Waals surface area contributed by atoms with Gasteiger partial charge in [-0.3, -0.25) is 0 Å². The molecule has 0 amide bonds. The van der Waals surface area contributed by atoms with Crippen molar-refractivity contribution in [3.8, 4) is 11.4 Å². The van der Waals surface area contributed by atoms with E-state index in [9.17, 15) is 4.39 Å². The van der Waals surface area contributed by atoms with Crippen LogP contribution in [0.15, 0.2) is 18.2 Å². The van der Waals surface area contributed by atoms with Crippen molar-refractivity contribution in [2.75, 3.05) is 7.11 Å². The zero-order valence-electron chi connectivity index (χ0n) is 7.77. The molecule has 15 heavy (non-hydrogen) atoms. The molecule has 0 aliphatic rings. The molecule has 1 N–H and O–H groups in total. The Morgan fingerprint density at radius 3 is 2.93 bits per heavy atom. The summed E-state index contributed by atoms with van der Waals surface area (Å²) in [6.45, 7) is 0. The number of benzene rings is 1. The van der Waals surface area contributed by atoms with Gasteiger partial charge in [0.25, 0.3) is 0 Å². The second-order valence-electron chi connectivity index (χ2n) is 2.74. The van der Waals surface area contributed by atoms with E-state index in [1.807, 2.05) is 0 Å². The summed E-state index contributed by atoms with van der Waals surface area (Å²) in [7, 11) is 1.50. The fourth-order valence-electron chi connectivity index (χ4n) is 1.15. The van der Waals surface area contributed by atoms with Crippen LogP contribution in [0, 0.1) is 10.6 Å². The van der Waals surface area contributed by atoms with E-state index in [1.165, 1.54) is 30.0 Å². The smallest absolute Gasteiger partial charge is 0.243 e. The van der Waals surface area contributed by atoms with Crippen molar-refractivity contribution in [1.29, 1.82) is 0 Å². The molecule has 0 atom stereocenters. The number of aromatic amines is 1. The van der Waals surface area contributed by atoms with Crippen molar-refractivity contribution in [2.45, 2.75) is 0 Å². The van der Waals surface area contributed by atoms with E-state index in [4.69, 9.17) is 17.0 Å². The molecule has 0 aliphatic heterocycles. The maximum absolute atomic E-state index is 13.5. The summed E-state index contributed by atoms with van der Waals surface area (Å²) in [6.07, 6.45) is 0. The van der Waals surface area contributed by atoms with E-state index in [0.717, 1.165) is 0 Å². The molecule has 5 nitrogen and oxygen atoms in total. The van der Waals surface area contributed by atoms with E-state index < -0.39 is 5.82 Å². The minimum atomic E-state index is -0.432. The van der Waals surface area contributed by atoms with Crippen LogP contribution in [0.5, 0.6) is 5.75 Å². The molecule has 7 heteroatoms. The largest absolute Gasteiger partial charge is 0.497 e. The van der Waals surface area contributed by atoms with Crippen LogP contribution in [0.3, 0.4) is 0 Å². The lowest BCUT2D eigenvalue weighted by Gasteiger charge is -2.05. The number of ether oxygens (including phenoxy) is 1. The lowest BCUT2D eigenvalue weighted by molar-refractivity contribution is 0.413. The van der Waals surface area contributed by atoms with Gasteiger partial charge in [-0.25, -0.2) is 9.07 Å². The van der Waals surface area contributed by atoms with Gasteiger partial charge in [0.2, 0.25) is 4.77 Å². The highest BCUT2D eigenvalue weighted by Crippen LogP contribution is 2.19. The highest BCUT2D eigenvalue weighted by atomic mass is 32.1. The fourth-order valence-corrected chi connectivity index (χ4v) is 1.33. The zero-order chi connectivity index (χ0) is 10.8. The van der Waals surface area contributed by atoms with E-state index in [1.54, 1.807) is 0 Å². The van der Waals surface area contributed by atoms with Crippen LogP contribution in [0.2, 0.25) is 0 Å². The Morgan fingerprint density at radius 2 is 2.33 bits per heavy atom. The van der Waals surface area contributed by atoms with E-state index in [2.05, 4.69) is 15.5 Å². The van der Waals surface area contributed by atoms with Gasteiger partial charge in [0, 0.05) is 6.07 Å². The topological polar surface area (TPSA) is 55.7 Å². The van der Waals surface area contributed by atoms with Crippen molar-refractivity contribution < 1.29 is 9.13 Å². The Kier molecular flexibility index (Phi) is 2.46. The second-order valence-corrected chi connectivity index (χ2v) is 3.10. The first-order valence-corrected chi connectivity index (χ1v) is 4.47. The molecule has 0 aliphatic carbocycles. The van der Waals surface area contributed by atoms with Gasteiger partial charge in [0.05, 0.1) is 7.11 Å². The number of H-pyrrole nitrogens is 1. The summed E-state index contributed by atoms with van der Waals surface area (Å²) in [5, 5.41) is 9.50. The summed E-state index contributed by atoms with van der Waals surface area (Å²) in [5.41, 5.74) is 0.226. The Labute approximate surface area is 89.5 Å². The SMILES string of the molecule is COc1ccc(F)c(-n2[nH]nnc2=S)c1. The summed E-state index contributed by atoms with van der Waals surface area (Å²) < 4.78 is 19.8. The van der Waals surface area contributed by atoms with Crippen molar-refractivity contribution in [2.24, 2.45) is 0 Å². The van der Waals surface area contributed by atoms with Gasteiger partial charge in [-0.1, -0.05) is 10.3 Å². The Morgan fingerprint density at radius 1 is 1.53 bits per heavy atom. The summed E-state index contributed by atoms with van der Waals surface area (Å²) in [6, 6.07) is 4.31. The van der Waals surface area contributed by atoms with Crippen molar-refractivity contribution >= 4 is 12.2 Å². The number of nitrogens with zero attached hydrogens (tertiary/aromatic N) is 3.